The van der Waals surface area contributed by atoms with Gasteiger partial charge in [0.15, 0.2) is 11.1 Å². The van der Waals surface area contributed by atoms with Gasteiger partial charge in [0.1, 0.15) is 5.15 Å². The lowest BCUT2D eigenvalue weighted by atomic mass is 10.1. The second-order valence-electron chi connectivity index (χ2n) is 6.61. The summed E-state index contributed by atoms with van der Waals surface area (Å²) < 4.78 is 21.8. The average molecular weight is 422 g/mol. The fourth-order valence-electron chi connectivity index (χ4n) is 3.09. The maximum absolute atomic E-state index is 10.9. The Bertz CT molecular complexity index is 949. The van der Waals surface area contributed by atoms with Crippen LogP contribution in [0.3, 0.4) is 0 Å². The highest BCUT2D eigenvalue weighted by atomic mass is 35.5. The van der Waals surface area contributed by atoms with Gasteiger partial charge < -0.3 is 9.45 Å². The number of halogens is 1. The van der Waals surface area contributed by atoms with E-state index in [0.29, 0.717) is 17.5 Å². The molecule has 150 valence electrons. The van der Waals surface area contributed by atoms with Gasteiger partial charge in [0.25, 0.3) is 0 Å². The molecule has 7 nitrogen and oxygen atoms in total. The minimum absolute atomic E-state index is 0.291. The standard InChI is InChI=1S/C19H24ClN5O2S/c1-2-6-24(9-10-28(26)27)7-3-8-25-14-16(13-22-25)15-11-18-17(21-12-15)4-5-19(20)23-18/h4-5,11-14H,2-3,6-10H2,1H3,(H,26,27). The Hall–Kier alpha value is -1.87. The van der Waals surface area contributed by atoms with E-state index in [2.05, 4.69) is 26.9 Å². The van der Waals surface area contributed by atoms with Crippen molar-refractivity contribution >= 4 is 33.7 Å². The molecule has 0 amide bonds. The highest BCUT2D eigenvalue weighted by Crippen LogP contribution is 2.22. The third kappa shape index (κ3) is 5.81. The van der Waals surface area contributed by atoms with Crippen LogP contribution in [0.15, 0.2) is 36.8 Å². The summed E-state index contributed by atoms with van der Waals surface area (Å²) in [7, 11) is 0. The van der Waals surface area contributed by atoms with E-state index in [9.17, 15) is 4.21 Å². The van der Waals surface area contributed by atoms with Crippen LogP contribution in [0.4, 0.5) is 0 Å². The first-order valence-electron chi connectivity index (χ1n) is 9.30. The van der Waals surface area contributed by atoms with Gasteiger partial charge in [-0.1, -0.05) is 18.5 Å². The maximum Gasteiger partial charge on any atom is 0.154 e. The van der Waals surface area contributed by atoms with Gasteiger partial charge >= 0.3 is 0 Å². The molecule has 3 rings (SSSR count). The number of nitrogens with zero attached hydrogens (tertiary/aromatic N) is 5. The molecule has 1 unspecified atom stereocenters. The lowest BCUT2D eigenvalue weighted by molar-refractivity contribution is 0.277. The monoisotopic (exact) mass is 421 g/mol. The summed E-state index contributed by atoms with van der Waals surface area (Å²) in [4.78, 5) is 11.0. The van der Waals surface area contributed by atoms with E-state index in [0.717, 1.165) is 54.6 Å². The lowest BCUT2D eigenvalue weighted by Crippen LogP contribution is -2.30. The highest BCUT2D eigenvalue weighted by Gasteiger charge is 2.08. The fourth-order valence-corrected chi connectivity index (χ4v) is 3.66. The van der Waals surface area contributed by atoms with Crippen LogP contribution in [-0.4, -0.2) is 58.8 Å². The normalized spacial score (nSPS) is 12.7. The van der Waals surface area contributed by atoms with Crippen molar-refractivity contribution in [2.24, 2.45) is 0 Å². The Morgan fingerprint density at radius 3 is 2.82 bits per heavy atom. The van der Waals surface area contributed by atoms with Gasteiger partial charge in [-0.15, -0.1) is 0 Å². The summed E-state index contributed by atoms with van der Waals surface area (Å²) >= 11 is 4.24. The Morgan fingerprint density at radius 1 is 1.18 bits per heavy atom. The smallest absolute Gasteiger partial charge is 0.154 e. The van der Waals surface area contributed by atoms with Gasteiger partial charge in [-0.2, -0.15) is 5.10 Å². The molecule has 1 N–H and O–H groups in total. The maximum atomic E-state index is 10.9. The second kappa shape index (κ2) is 10.1. The van der Waals surface area contributed by atoms with Crippen LogP contribution < -0.4 is 0 Å². The summed E-state index contributed by atoms with van der Waals surface area (Å²) in [5, 5.41) is 4.89. The van der Waals surface area contributed by atoms with Crippen LogP contribution in [0, 0.1) is 0 Å². The molecule has 0 aliphatic rings. The van der Waals surface area contributed by atoms with E-state index in [-0.39, 0.29) is 0 Å². The summed E-state index contributed by atoms with van der Waals surface area (Å²) in [5.41, 5.74) is 3.50. The molecule has 3 heterocycles. The molecule has 3 aromatic rings. The third-order valence-electron chi connectivity index (χ3n) is 4.45. The van der Waals surface area contributed by atoms with Gasteiger partial charge in [-0.25, -0.2) is 9.19 Å². The van der Waals surface area contributed by atoms with Gasteiger partial charge in [0, 0.05) is 36.6 Å². The number of pyridine rings is 2. The second-order valence-corrected chi connectivity index (χ2v) is 8.05. The van der Waals surface area contributed by atoms with Gasteiger partial charge in [-0.3, -0.25) is 9.67 Å². The van der Waals surface area contributed by atoms with Crippen molar-refractivity contribution in [2.75, 3.05) is 25.4 Å². The predicted molar refractivity (Wildman–Crippen MR) is 113 cm³/mol. The SMILES string of the molecule is CCCN(CCCn1cc(-c2cnc3ccc(Cl)nc3c2)cn1)CCS(=O)O. The van der Waals surface area contributed by atoms with E-state index >= 15 is 0 Å². The van der Waals surface area contributed by atoms with Crippen LogP contribution in [-0.2, 0) is 17.6 Å². The minimum atomic E-state index is -1.74. The number of aromatic nitrogens is 4. The molecule has 0 saturated heterocycles. The number of hydrogen-bond donors (Lipinski definition) is 1. The fraction of sp³-hybridized carbons (Fsp3) is 0.421. The first kappa shape index (κ1) is 20.9. The topological polar surface area (TPSA) is 84.1 Å². The Balaban J connectivity index is 1.60. The highest BCUT2D eigenvalue weighted by molar-refractivity contribution is 7.79. The quantitative estimate of drug-likeness (QED) is 0.398. The summed E-state index contributed by atoms with van der Waals surface area (Å²) in [6, 6.07) is 5.55. The first-order chi connectivity index (χ1) is 13.5. The van der Waals surface area contributed by atoms with Crippen molar-refractivity contribution < 1.29 is 8.76 Å². The van der Waals surface area contributed by atoms with E-state index in [1.54, 1.807) is 6.07 Å². The first-order valence-corrected chi connectivity index (χ1v) is 11.0. The summed E-state index contributed by atoms with van der Waals surface area (Å²) in [6.07, 6.45) is 7.59. The van der Waals surface area contributed by atoms with Crippen molar-refractivity contribution in [1.29, 1.82) is 0 Å². The van der Waals surface area contributed by atoms with E-state index in [4.69, 9.17) is 16.2 Å². The molecule has 28 heavy (non-hydrogen) atoms. The Kier molecular flexibility index (Phi) is 7.50. The zero-order valence-corrected chi connectivity index (χ0v) is 17.4. The van der Waals surface area contributed by atoms with Gasteiger partial charge in [0.2, 0.25) is 0 Å². The van der Waals surface area contributed by atoms with Gasteiger partial charge in [0.05, 0.1) is 23.0 Å². The van der Waals surface area contributed by atoms with E-state index < -0.39 is 11.1 Å². The van der Waals surface area contributed by atoms with Crippen molar-refractivity contribution in [3.8, 4) is 11.1 Å². The molecule has 3 aromatic heterocycles. The molecular weight excluding hydrogens is 398 g/mol. The number of fused-ring (bicyclic) bond motifs is 1. The molecule has 9 heteroatoms. The van der Waals surface area contributed by atoms with Crippen LogP contribution >= 0.6 is 11.6 Å². The van der Waals surface area contributed by atoms with E-state index in [1.165, 1.54) is 0 Å². The molecule has 0 aromatic carbocycles. The van der Waals surface area contributed by atoms with Crippen LogP contribution in [0.5, 0.6) is 0 Å². The van der Waals surface area contributed by atoms with Crippen molar-refractivity contribution in [2.45, 2.75) is 26.3 Å². The van der Waals surface area contributed by atoms with Crippen LogP contribution in [0.2, 0.25) is 5.15 Å². The zero-order valence-electron chi connectivity index (χ0n) is 15.8. The molecule has 1 atom stereocenters. The minimum Gasteiger partial charge on any atom is -0.306 e. The zero-order chi connectivity index (χ0) is 19.9. The van der Waals surface area contributed by atoms with Crippen molar-refractivity contribution in [3.63, 3.8) is 0 Å². The number of rotatable bonds is 10. The average Bonchev–Trinajstić information content (AvgIpc) is 3.14. The third-order valence-corrected chi connectivity index (χ3v) is 5.20. The molecular formula is C19H24ClN5O2S. The van der Waals surface area contributed by atoms with Crippen molar-refractivity contribution in [1.82, 2.24) is 24.6 Å². The molecule has 0 radical (unpaired) electrons. The molecule has 0 fully saturated rings. The lowest BCUT2D eigenvalue weighted by Gasteiger charge is -2.20. The molecule has 0 saturated carbocycles. The molecule has 0 aliphatic carbocycles. The summed E-state index contributed by atoms with van der Waals surface area (Å²) in [6.45, 7) is 5.34. The molecule has 0 spiro atoms. The predicted octanol–water partition coefficient (Wildman–Crippen LogP) is 3.47. The number of aryl methyl sites for hydroxylation is 1. The van der Waals surface area contributed by atoms with Crippen LogP contribution in [0.1, 0.15) is 19.8 Å². The largest absolute Gasteiger partial charge is 0.306 e. The number of hydrogen-bond acceptors (Lipinski definition) is 5. The van der Waals surface area contributed by atoms with Crippen molar-refractivity contribution in [3.05, 3.63) is 41.9 Å². The Labute approximate surface area is 172 Å². The molecule has 0 bridgehead atoms. The van der Waals surface area contributed by atoms with Crippen LogP contribution in [0.25, 0.3) is 22.2 Å². The molecule has 0 aliphatic heterocycles. The summed E-state index contributed by atoms with van der Waals surface area (Å²) in [5.74, 6) is 0.291. The van der Waals surface area contributed by atoms with E-state index in [1.807, 2.05) is 35.4 Å². The van der Waals surface area contributed by atoms with Gasteiger partial charge in [-0.05, 0) is 44.1 Å². The Morgan fingerprint density at radius 2 is 2.04 bits per heavy atom.